The van der Waals surface area contributed by atoms with Crippen molar-refractivity contribution in [3.63, 3.8) is 0 Å². The fraction of sp³-hybridized carbons (Fsp3) is 1.00. The molecule has 0 spiro atoms. The molecule has 0 aromatic rings. The molecule has 0 fully saturated rings. The van der Waals surface area contributed by atoms with Crippen molar-refractivity contribution >= 4 is 0 Å². The Labute approximate surface area is 123 Å². The number of rotatable bonds is 16. The molecular formula is C14H32N2O4. The number of hydrogen-bond acceptors (Lipinski definition) is 6. The zero-order valence-corrected chi connectivity index (χ0v) is 13.4. The maximum Gasteiger partial charge on any atom is 0.0701 e. The van der Waals surface area contributed by atoms with Crippen LogP contribution in [0.5, 0.6) is 0 Å². The Morgan fingerprint density at radius 3 is 1.85 bits per heavy atom. The summed E-state index contributed by atoms with van der Waals surface area (Å²) in [5.41, 5.74) is 0. The molecular weight excluding hydrogens is 260 g/mol. The highest BCUT2D eigenvalue weighted by atomic mass is 16.6. The van der Waals surface area contributed by atoms with Gasteiger partial charge in [0.05, 0.1) is 46.2 Å². The zero-order valence-electron chi connectivity index (χ0n) is 13.4. The van der Waals surface area contributed by atoms with Crippen LogP contribution in [-0.2, 0) is 18.9 Å². The van der Waals surface area contributed by atoms with Crippen molar-refractivity contribution in [2.45, 2.75) is 6.42 Å². The molecule has 6 nitrogen and oxygen atoms in total. The highest BCUT2D eigenvalue weighted by Gasteiger charge is 1.93. The van der Waals surface area contributed by atoms with Crippen LogP contribution in [0.4, 0.5) is 0 Å². The largest absolute Gasteiger partial charge is 0.382 e. The van der Waals surface area contributed by atoms with E-state index in [-0.39, 0.29) is 0 Å². The van der Waals surface area contributed by atoms with E-state index in [4.69, 9.17) is 18.9 Å². The Bertz CT molecular complexity index is 183. The minimum atomic E-state index is 0.607. The van der Waals surface area contributed by atoms with Crippen LogP contribution >= 0.6 is 0 Å². The molecule has 122 valence electrons. The van der Waals surface area contributed by atoms with Gasteiger partial charge in [0, 0.05) is 13.7 Å². The topological polar surface area (TPSA) is 52.2 Å². The summed E-state index contributed by atoms with van der Waals surface area (Å²) in [5.74, 6) is 0. The third-order valence-electron chi connectivity index (χ3n) is 2.56. The van der Waals surface area contributed by atoms with Crippen LogP contribution < -0.4 is 5.32 Å². The van der Waals surface area contributed by atoms with Crippen molar-refractivity contribution < 1.29 is 18.9 Å². The minimum Gasteiger partial charge on any atom is -0.382 e. The number of nitrogens with one attached hydrogen (secondary N) is 1. The van der Waals surface area contributed by atoms with Gasteiger partial charge in [0.2, 0.25) is 0 Å². The van der Waals surface area contributed by atoms with Gasteiger partial charge in [-0.25, -0.2) is 0 Å². The number of methoxy groups -OCH3 is 1. The summed E-state index contributed by atoms with van der Waals surface area (Å²) < 4.78 is 21.0. The van der Waals surface area contributed by atoms with Crippen molar-refractivity contribution in [2.75, 3.05) is 87.1 Å². The molecule has 0 aromatic carbocycles. The molecule has 0 bridgehead atoms. The van der Waals surface area contributed by atoms with E-state index in [1.54, 1.807) is 7.11 Å². The molecule has 0 heterocycles. The van der Waals surface area contributed by atoms with Crippen LogP contribution in [0.15, 0.2) is 0 Å². The molecule has 0 unspecified atom stereocenters. The first kappa shape index (κ1) is 19.8. The molecule has 0 radical (unpaired) electrons. The lowest BCUT2D eigenvalue weighted by Gasteiger charge is -2.10. The Balaban J connectivity index is 2.92. The van der Waals surface area contributed by atoms with E-state index < -0.39 is 0 Å². The summed E-state index contributed by atoms with van der Waals surface area (Å²) in [6.45, 7) is 7.51. The fourth-order valence-corrected chi connectivity index (χ4v) is 1.47. The van der Waals surface area contributed by atoms with E-state index in [2.05, 4.69) is 24.3 Å². The van der Waals surface area contributed by atoms with Gasteiger partial charge in [-0.15, -0.1) is 0 Å². The van der Waals surface area contributed by atoms with Crippen molar-refractivity contribution in [1.82, 2.24) is 10.2 Å². The molecule has 0 aliphatic rings. The maximum absolute atomic E-state index is 5.45. The predicted octanol–water partition coefficient (Wildman–Crippen LogP) is 0.224. The van der Waals surface area contributed by atoms with Crippen LogP contribution in [0.1, 0.15) is 6.42 Å². The Morgan fingerprint density at radius 2 is 1.30 bits per heavy atom. The van der Waals surface area contributed by atoms with E-state index in [0.29, 0.717) is 39.6 Å². The van der Waals surface area contributed by atoms with Gasteiger partial charge in [-0.05, 0) is 33.6 Å². The molecule has 0 saturated carbocycles. The van der Waals surface area contributed by atoms with Gasteiger partial charge < -0.3 is 29.2 Å². The van der Waals surface area contributed by atoms with Crippen LogP contribution in [0, 0.1) is 0 Å². The quantitative estimate of drug-likeness (QED) is 0.411. The lowest BCUT2D eigenvalue weighted by Crippen LogP contribution is -2.24. The second-order valence-electron chi connectivity index (χ2n) is 4.74. The molecule has 0 saturated heterocycles. The normalized spacial score (nSPS) is 11.4. The highest BCUT2D eigenvalue weighted by Crippen LogP contribution is 1.83. The lowest BCUT2D eigenvalue weighted by molar-refractivity contribution is 0.00411. The van der Waals surface area contributed by atoms with Crippen LogP contribution in [-0.4, -0.2) is 92.0 Å². The first-order valence-corrected chi connectivity index (χ1v) is 7.35. The maximum atomic E-state index is 5.45. The van der Waals surface area contributed by atoms with Gasteiger partial charge in [-0.2, -0.15) is 0 Å². The Morgan fingerprint density at radius 1 is 0.750 bits per heavy atom. The summed E-state index contributed by atoms with van der Waals surface area (Å²) in [6.07, 6.45) is 1.17. The Kier molecular flexibility index (Phi) is 16.6. The van der Waals surface area contributed by atoms with E-state index in [1.165, 1.54) is 6.42 Å². The first-order valence-electron chi connectivity index (χ1n) is 7.35. The monoisotopic (exact) mass is 292 g/mol. The molecule has 0 rings (SSSR count). The van der Waals surface area contributed by atoms with Crippen molar-refractivity contribution in [3.05, 3.63) is 0 Å². The van der Waals surface area contributed by atoms with Gasteiger partial charge >= 0.3 is 0 Å². The zero-order chi connectivity index (χ0) is 14.9. The second kappa shape index (κ2) is 16.8. The van der Waals surface area contributed by atoms with E-state index in [1.807, 2.05) is 0 Å². The first-order chi connectivity index (χ1) is 9.77. The third-order valence-corrected chi connectivity index (χ3v) is 2.56. The number of nitrogens with zero attached hydrogens (tertiary/aromatic N) is 1. The minimum absolute atomic E-state index is 0.607. The molecule has 0 aromatic heterocycles. The van der Waals surface area contributed by atoms with Crippen LogP contribution in [0.3, 0.4) is 0 Å². The summed E-state index contributed by atoms with van der Waals surface area (Å²) in [5, 5.41) is 3.35. The van der Waals surface area contributed by atoms with Crippen molar-refractivity contribution in [3.8, 4) is 0 Å². The van der Waals surface area contributed by atoms with Crippen LogP contribution in [0.2, 0.25) is 0 Å². The number of ether oxygens (including phenoxy) is 4. The van der Waals surface area contributed by atoms with Crippen molar-refractivity contribution in [2.24, 2.45) is 0 Å². The molecule has 0 atom stereocenters. The fourth-order valence-electron chi connectivity index (χ4n) is 1.47. The molecule has 20 heavy (non-hydrogen) atoms. The smallest absolute Gasteiger partial charge is 0.0701 e. The SMILES string of the molecule is COCCOCCOCCOCCNCCCN(C)C. The predicted molar refractivity (Wildman–Crippen MR) is 80.4 cm³/mol. The average Bonchev–Trinajstić information content (AvgIpc) is 2.43. The highest BCUT2D eigenvalue weighted by molar-refractivity contribution is 4.50. The molecule has 0 amide bonds. The van der Waals surface area contributed by atoms with Gasteiger partial charge in [0.1, 0.15) is 0 Å². The van der Waals surface area contributed by atoms with Gasteiger partial charge in [0.15, 0.2) is 0 Å². The molecule has 1 N–H and O–H groups in total. The summed E-state index contributed by atoms with van der Waals surface area (Å²) >= 11 is 0. The number of hydrogen-bond donors (Lipinski definition) is 1. The Hall–Kier alpha value is -0.240. The van der Waals surface area contributed by atoms with Crippen LogP contribution in [0.25, 0.3) is 0 Å². The lowest BCUT2D eigenvalue weighted by atomic mass is 10.4. The van der Waals surface area contributed by atoms with E-state index in [9.17, 15) is 0 Å². The second-order valence-corrected chi connectivity index (χ2v) is 4.74. The van der Waals surface area contributed by atoms with Gasteiger partial charge in [0.25, 0.3) is 0 Å². The third kappa shape index (κ3) is 17.8. The van der Waals surface area contributed by atoms with Gasteiger partial charge in [-0.3, -0.25) is 0 Å². The average molecular weight is 292 g/mol. The van der Waals surface area contributed by atoms with Crippen molar-refractivity contribution in [1.29, 1.82) is 0 Å². The molecule has 6 heteroatoms. The standard InChI is InChI=1S/C14H32N2O4/c1-16(2)7-4-5-15-6-8-18-11-12-20-14-13-19-10-9-17-3/h15H,4-14H2,1-3H3. The summed E-state index contributed by atoms with van der Waals surface area (Å²) in [4.78, 5) is 2.19. The summed E-state index contributed by atoms with van der Waals surface area (Å²) in [6, 6.07) is 0. The molecule has 0 aliphatic heterocycles. The summed E-state index contributed by atoms with van der Waals surface area (Å²) in [7, 11) is 5.84. The van der Waals surface area contributed by atoms with Gasteiger partial charge in [-0.1, -0.05) is 0 Å². The van der Waals surface area contributed by atoms with E-state index in [0.717, 1.165) is 26.2 Å². The molecule has 0 aliphatic carbocycles. The van der Waals surface area contributed by atoms with E-state index >= 15 is 0 Å².